The number of piperidine rings is 3. The highest BCUT2D eigenvalue weighted by Crippen LogP contribution is 2.55. The summed E-state index contributed by atoms with van der Waals surface area (Å²) in [4.78, 5) is 2.41. The summed E-state index contributed by atoms with van der Waals surface area (Å²) in [5, 5.41) is 12.0. The lowest BCUT2D eigenvalue weighted by Gasteiger charge is -2.56. The molecule has 3 fully saturated rings. The highest BCUT2D eigenvalue weighted by molar-refractivity contribution is 5.40. The minimum Gasteiger partial charge on any atom is -0.380 e. The van der Waals surface area contributed by atoms with Gasteiger partial charge in [-0.25, -0.2) is 8.78 Å². The molecular formula is C20H21F2NO. The minimum absolute atomic E-state index is 0.294. The number of rotatable bonds is 3. The lowest BCUT2D eigenvalue weighted by atomic mass is 9.57. The highest BCUT2D eigenvalue weighted by Gasteiger charge is 2.55. The Kier molecular flexibility index (Phi) is 3.70. The van der Waals surface area contributed by atoms with E-state index in [9.17, 15) is 13.9 Å². The molecule has 4 heteroatoms. The van der Waals surface area contributed by atoms with Crippen LogP contribution in [0.3, 0.4) is 0 Å². The van der Waals surface area contributed by atoms with E-state index in [2.05, 4.69) is 4.90 Å². The molecule has 2 aromatic carbocycles. The number of aliphatic hydroxyl groups is 1. The van der Waals surface area contributed by atoms with Crippen molar-refractivity contribution in [2.24, 2.45) is 5.41 Å². The van der Waals surface area contributed by atoms with Crippen molar-refractivity contribution in [3.63, 3.8) is 0 Å². The first kappa shape index (κ1) is 15.7. The molecule has 0 amide bonds. The Morgan fingerprint density at radius 1 is 0.750 bits per heavy atom. The van der Waals surface area contributed by atoms with Crippen LogP contribution < -0.4 is 0 Å². The fourth-order valence-corrected chi connectivity index (χ4v) is 4.53. The maximum absolute atomic E-state index is 13.4. The average Bonchev–Trinajstić information content (AvgIpc) is 2.64. The number of hydrogen-bond acceptors (Lipinski definition) is 2. The molecule has 0 atom stereocenters. The predicted octanol–water partition coefficient (Wildman–Crippen LogP) is 3.69. The van der Waals surface area contributed by atoms with Gasteiger partial charge >= 0.3 is 0 Å². The molecule has 3 aliphatic heterocycles. The van der Waals surface area contributed by atoms with E-state index in [-0.39, 0.29) is 17.0 Å². The van der Waals surface area contributed by atoms with E-state index in [1.807, 2.05) is 0 Å². The van der Waals surface area contributed by atoms with E-state index in [0.717, 1.165) is 38.9 Å². The fraction of sp³-hybridized carbons (Fsp3) is 0.400. The molecule has 0 unspecified atom stereocenters. The lowest BCUT2D eigenvalue weighted by Crippen LogP contribution is -2.58. The van der Waals surface area contributed by atoms with E-state index < -0.39 is 5.60 Å². The molecule has 3 saturated heterocycles. The van der Waals surface area contributed by atoms with Gasteiger partial charge in [-0.05, 0) is 74.3 Å². The highest BCUT2D eigenvalue weighted by atomic mass is 19.1. The van der Waals surface area contributed by atoms with Crippen molar-refractivity contribution in [3.05, 3.63) is 71.3 Å². The number of benzene rings is 2. The Morgan fingerprint density at radius 3 is 1.50 bits per heavy atom. The van der Waals surface area contributed by atoms with Crippen molar-refractivity contribution in [2.75, 3.05) is 19.6 Å². The van der Waals surface area contributed by atoms with Gasteiger partial charge in [-0.3, -0.25) is 0 Å². The Balaban J connectivity index is 1.88. The number of hydrogen-bond donors (Lipinski definition) is 1. The smallest absolute Gasteiger partial charge is 0.123 e. The van der Waals surface area contributed by atoms with Crippen LogP contribution in [0.1, 0.15) is 30.4 Å². The van der Waals surface area contributed by atoms with Crippen molar-refractivity contribution >= 4 is 0 Å². The van der Waals surface area contributed by atoms with Crippen LogP contribution in [0.25, 0.3) is 0 Å². The third-order valence-corrected chi connectivity index (χ3v) is 6.01. The van der Waals surface area contributed by atoms with E-state index in [1.54, 1.807) is 24.3 Å². The van der Waals surface area contributed by atoms with Crippen LogP contribution >= 0.6 is 0 Å². The van der Waals surface area contributed by atoms with Crippen molar-refractivity contribution < 1.29 is 13.9 Å². The third-order valence-electron chi connectivity index (χ3n) is 6.01. The maximum atomic E-state index is 13.4. The SMILES string of the molecule is OC(c1ccc(F)cc1)(c1ccc(F)cc1)C12CCN(CC1)CC2. The summed E-state index contributed by atoms with van der Waals surface area (Å²) in [7, 11) is 0. The molecule has 126 valence electrons. The summed E-state index contributed by atoms with van der Waals surface area (Å²) in [5.74, 6) is -0.646. The summed E-state index contributed by atoms with van der Waals surface area (Å²) in [5.41, 5.74) is -0.157. The zero-order valence-corrected chi connectivity index (χ0v) is 13.5. The zero-order valence-electron chi connectivity index (χ0n) is 13.5. The van der Waals surface area contributed by atoms with Crippen LogP contribution in [0.4, 0.5) is 8.78 Å². The van der Waals surface area contributed by atoms with Gasteiger partial charge in [0.25, 0.3) is 0 Å². The summed E-state index contributed by atoms with van der Waals surface area (Å²) in [6.45, 7) is 2.89. The molecule has 1 N–H and O–H groups in total. The molecule has 2 nitrogen and oxygen atoms in total. The molecule has 2 aromatic rings. The van der Waals surface area contributed by atoms with Crippen LogP contribution in [0.2, 0.25) is 0 Å². The predicted molar refractivity (Wildman–Crippen MR) is 88.5 cm³/mol. The van der Waals surface area contributed by atoms with Crippen LogP contribution in [-0.2, 0) is 5.60 Å². The number of halogens is 2. The minimum atomic E-state index is -1.24. The van der Waals surface area contributed by atoms with Gasteiger partial charge in [-0.2, -0.15) is 0 Å². The lowest BCUT2D eigenvalue weighted by molar-refractivity contribution is -0.125. The summed E-state index contributed by atoms with van der Waals surface area (Å²) >= 11 is 0. The molecule has 0 spiro atoms. The van der Waals surface area contributed by atoms with Crippen molar-refractivity contribution in [1.29, 1.82) is 0 Å². The summed E-state index contributed by atoms with van der Waals surface area (Å²) < 4.78 is 26.8. The first-order valence-corrected chi connectivity index (χ1v) is 8.50. The maximum Gasteiger partial charge on any atom is 0.123 e. The molecule has 0 aromatic heterocycles. The monoisotopic (exact) mass is 329 g/mol. The van der Waals surface area contributed by atoms with Crippen LogP contribution in [-0.4, -0.2) is 29.6 Å². The van der Waals surface area contributed by atoms with Crippen LogP contribution in [0, 0.1) is 17.0 Å². The van der Waals surface area contributed by atoms with E-state index in [1.165, 1.54) is 24.3 Å². The Labute approximate surface area is 140 Å². The van der Waals surface area contributed by atoms with Gasteiger partial charge in [-0.1, -0.05) is 24.3 Å². The molecular weight excluding hydrogens is 308 g/mol. The van der Waals surface area contributed by atoms with Crippen LogP contribution in [0.15, 0.2) is 48.5 Å². The molecule has 2 bridgehead atoms. The van der Waals surface area contributed by atoms with E-state index in [4.69, 9.17) is 0 Å². The second kappa shape index (κ2) is 5.64. The first-order chi connectivity index (χ1) is 11.5. The van der Waals surface area contributed by atoms with Crippen LogP contribution in [0.5, 0.6) is 0 Å². The Hall–Kier alpha value is -1.78. The molecule has 0 saturated carbocycles. The normalized spacial score (nSPS) is 26.5. The average molecular weight is 329 g/mol. The van der Waals surface area contributed by atoms with Crippen molar-refractivity contribution in [3.8, 4) is 0 Å². The topological polar surface area (TPSA) is 23.5 Å². The largest absolute Gasteiger partial charge is 0.380 e. The van der Waals surface area contributed by atoms with Gasteiger partial charge in [0.1, 0.15) is 17.2 Å². The second-order valence-corrected chi connectivity index (χ2v) is 7.10. The van der Waals surface area contributed by atoms with Gasteiger partial charge in [0, 0.05) is 5.41 Å². The van der Waals surface area contributed by atoms with E-state index in [0.29, 0.717) is 11.1 Å². The zero-order chi connectivity index (χ0) is 16.8. The Morgan fingerprint density at radius 2 is 1.12 bits per heavy atom. The molecule has 0 aliphatic carbocycles. The standard InChI is InChI=1S/C20H21F2NO/c21-17-5-1-15(2-6-17)20(24,16-3-7-18(22)8-4-16)19-9-12-23(13-10-19)14-11-19/h1-8,24H,9-14H2. The van der Waals surface area contributed by atoms with Gasteiger partial charge < -0.3 is 10.0 Å². The van der Waals surface area contributed by atoms with Crippen molar-refractivity contribution in [2.45, 2.75) is 24.9 Å². The van der Waals surface area contributed by atoms with Gasteiger partial charge in [0.15, 0.2) is 0 Å². The summed E-state index contributed by atoms with van der Waals surface area (Å²) in [6, 6.07) is 12.2. The molecule has 3 aliphatic rings. The first-order valence-electron chi connectivity index (χ1n) is 8.50. The molecule has 0 radical (unpaired) electrons. The van der Waals surface area contributed by atoms with Gasteiger partial charge in [-0.15, -0.1) is 0 Å². The fourth-order valence-electron chi connectivity index (χ4n) is 4.53. The Bertz CT molecular complexity index is 659. The number of nitrogens with zero attached hydrogens (tertiary/aromatic N) is 1. The van der Waals surface area contributed by atoms with Gasteiger partial charge in [0.05, 0.1) is 0 Å². The number of fused-ring (bicyclic) bond motifs is 3. The van der Waals surface area contributed by atoms with Crippen molar-refractivity contribution in [1.82, 2.24) is 4.90 Å². The second-order valence-electron chi connectivity index (χ2n) is 7.10. The molecule has 3 heterocycles. The quantitative estimate of drug-likeness (QED) is 0.928. The van der Waals surface area contributed by atoms with Gasteiger partial charge in [0.2, 0.25) is 0 Å². The summed E-state index contributed by atoms with van der Waals surface area (Å²) in [6.07, 6.45) is 2.66. The third kappa shape index (κ3) is 2.28. The molecule has 5 rings (SSSR count). The van der Waals surface area contributed by atoms with E-state index >= 15 is 0 Å². The molecule has 24 heavy (non-hydrogen) atoms.